The van der Waals surface area contributed by atoms with Crippen molar-refractivity contribution in [1.82, 2.24) is 0 Å². The van der Waals surface area contributed by atoms with Crippen LogP contribution in [0.3, 0.4) is 0 Å². The van der Waals surface area contributed by atoms with Crippen LogP contribution in [0.2, 0.25) is 5.02 Å². The van der Waals surface area contributed by atoms with Crippen LogP contribution in [0.25, 0.3) is 0 Å². The Labute approximate surface area is 145 Å². The average Bonchev–Trinajstić information content (AvgIpc) is 2.95. The highest BCUT2D eigenvalue weighted by molar-refractivity contribution is 7.92. The first-order valence-corrected chi connectivity index (χ1v) is 9.19. The van der Waals surface area contributed by atoms with Crippen LogP contribution < -0.4 is 4.31 Å². The van der Waals surface area contributed by atoms with E-state index in [4.69, 9.17) is 16.3 Å². The molecule has 0 saturated carbocycles. The third kappa shape index (κ3) is 2.99. The normalized spacial score (nSPS) is 16.8. The van der Waals surface area contributed by atoms with Gasteiger partial charge in [-0.25, -0.2) is 8.42 Å². The summed E-state index contributed by atoms with van der Waals surface area (Å²) in [6, 6.07) is 13.3. The number of hydrogen-bond acceptors (Lipinski definition) is 4. The van der Waals surface area contributed by atoms with Gasteiger partial charge in [-0.3, -0.25) is 9.10 Å². The van der Waals surface area contributed by atoms with Gasteiger partial charge in [0.1, 0.15) is 0 Å². The molecule has 0 fully saturated rings. The molecule has 24 heavy (non-hydrogen) atoms. The zero-order chi connectivity index (χ0) is 17.3. The molecule has 1 atom stereocenters. The molecule has 2 aromatic carbocycles. The predicted molar refractivity (Wildman–Crippen MR) is 91.8 cm³/mol. The highest BCUT2D eigenvalue weighted by Gasteiger charge is 2.37. The summed E-state index contributed by atoms with van der Waals surface area (Å²) in [5.74, 6) is -0.587. The molecular formula is C17H16ClNO4S. The first-order chi connectivity index (χ1) is 11.4. The lowest BCUT2D eigenvalue weighted by molar-refractivity contribution is -0.140. The maximum atomic E-state index is 13.0. The van der Waals surface area contributed by atoms with Crippen LogP contribution in [0.15, 0.2) is 53.4 Å². The van der Waals surface area contributed by atoms with Crippen molar-refractivity contribution < 1.29 is 17.9 Å². The molecule has 0 aliphatic carbocycles. The van der Waals surface area contributed by atoms with Gasteiger partial charge in [-0.1, -0.05) is 29.8 Å². The number of nitrogens with zero attached hydrogens (tertiary/aromatic N) is 1. The van der Waals surface area contributed by atoms with E-state index >= 15 is 0 Å². The van der Waals surface area contributed by atoms with E-state index in [9.17, 15) is 13.2 Å². The van der Waals surface area contributed by atoms with Gasteiger partial charge in [0.15, 0.2) is 0 Å². The number of methoxy groups -OCH3 is 1. The summed E-state index contributed by atoms with van der Waals surface area (Å²) in [5, 5.41) is 0.472. The van der Waals surface area contributed by atoms with E-state index in [1.807, 2.05) is 12.1 Å². The zero-order valence-corrected chi connectivity index (χ0v) is 14.5. The van der Waals surface area contributed by atoms with Gasteiger partial charge in [0.25, 0.3) is 10.0 Å². The maximum Gasteiger partial charge on any atom is 0.306 e. The molecule has 1 aliphatic heterocycles. The molecule has 7 heteroatoms. The second-order valence-corrected chi connectivity index (χ2v) is 7.82. The van der Waals surface area contributed by atoms with Crippen LogP contribution in [-0.2, 0) is 19.6 Å². The van der Waals surface area contributed by atoms with Crippen LogP contribution in [0.5, 0.6) is 0 Å². The summed E-state index contributed by atoms with van der Waals surface area (Å²) in [6.07, 6.45) is 0.139. The Kier molecular flexibility index (Phi) is 4.51. The summed E-state index contributed by atoms with van der Waals surface area (Å²) in [5.41, 5.74) is 1.43. The molecule has 0 saturated heterocycles. The first kappa shape index (κ1) is 16.8. The van der Waals surface area contributed by atoms with E-state index in [1.54, 1.807) is 24.3 Å². The second kappa shape index (κ2) is 6.45. The minimum absolute atomic E-state index is 0.139. The molecule has 3 rings (SSSR count). The van der Waals surface area contributed by atoms with Gasteiger partial charge in [0.05, 0.1) is 24.1 Å². The fourth-order valence-corrected chi connectivity index (χ4v) is 4.54. The molecule has 0 bridgehead atoms. The lowest BCUT2D eigenvalue weighted by Gasteiger charge is -2.20. The van der Waals surface area contributed by atoms with Gasteiger partial charge < -0.3 is 4.74 Å². The monoisotopic (exact) mass is 365 g/mol. The van der Waals surface area contributed by atoms with Crippen molar-refractivity contribution >= 4 is 33.3 Å². The zero-order valence-electron chi connectivity index (χ0n) is 13.0. The highest BCUT2D eigenvalue weighted by Crippen LogP contribution is 2.41. The Morgan fingerprint density at radius 3 is 2.54 bits per heavy atom. The molecule has 1 unspecified atom stereocenters. The van der Waals surface area contributed by atoms with E-state index in [0.29, 0.717) is 10.7 Å². The molecule has 5 nitrogen and oxygen atoms in total. The molecule has 2 aromatic rings. The lowest BCUT2D eigenvalue weighted by Crippen LogP contribution is -2.30. The molecule has 1 aliphatic rings. The standard InChI is InChI=1S/C17H16ClNO4S/c1-23-17(20)10-12-11-19(16-5-3-2-4-15(12)16)24(21,22)14-8-6-13(18)7-9-14/h2-9,12H,10-11H2,1H3. The summed E-state index contributed by atoms with van der Waals surface area (Å²) in [6.45, 7) is 0.208. The van der Waals surface area contributed by atoms with Gasteiger partial charge in [-0.2, -0.15) is 0 Å². The molecule has 0 radical (unpaired) electrons. The van der Waals surface area contributed by atoms with E-state index in [1.165, 1.54) is 23.5 Å². The fraction of sp³-hybridized carbons (Fsp3) is 0.235. The summed E-state index contributed by atoms with van der Waals surface area (Å²) in [4.78, 5) is 11.8. The molecule has 126 valence electrons. The van der Waals surface area contributed by atoms with Crippen LogP contribution in [0.1, 0.15) is 17.9 Å². The van der Waals surface area contributed by atoms with Gasteiger partial charge in [-0.15, -0.1) is 0 Å². The van der Waals surface area contributed by atoms with E-state index in [2.05, 4.69) is 0 Å². The number of ether oxygens (including phenoxy) is 1. The Bertz CT molecular complexity index is 864. The summed E-state index contributed by atoms with van der Waals surface area (Å²) >= 11 is 5.84. The van der Waals surface area contributed by atoms with Crippen LogP contribution in [0.4, 0.5) is 5.69 Å². The van der Waals surface area contributed by atoms with Gasteiger partial charge in [-0.05, 0) is 35.9 Å². The number of carbonyl (C=O) groups is 1. The van der Waals surface area contributed by atoms with Gasteiger partial charge >= 0.3 is 5.97 Å². The van der Waals surface area contributed by atoms with Crippen LogP contribution in [0, 0.1) is 0 Å². The lowest BCUT2D eigenvalue weighted by atomic mass is 9.98. The van der Waals surface area contributed by atoms with Gasteiger partial charge in [0, 0.05) is 17.5 Å². The fourth-order valence-electron chi connectivity index (χ4n) is 2.88. The first-order valence-electron chi connectivity index (χ1n) is 7.37. The number of esters is 1. The number of benzene rings is 2. The minimum atomic E-state index is -3.72. The number of anilines is 1. The number of carbonyl (C=O) groups excluding carboxylic acids is 1. The van der Waals surface area contributed by atoms with Crippen molar-refractivity contribution in [2.45, 2.75) is 17.2 Å². The topological polar surface area (TPSA) is 63.7 Å². The molecule has 1 heterocycles. The Morgan fingerprint density at radius 2 is 1.88 bits per heavy atom. The Morgan fingerprint density at radius 1 is 1.21 bits per heavy atom. The molecular weight excluding hydrogens is 350 g/mol. The number of sulfonamides is 1. The van der Waals surface area contributed by atoms with Crippen molar-refractivity contribution in [3.8, 4) is 0 Å². The van der Waals surface area contributed by atoms with E-state index in [-0.39, 0.29) is 29.7 Å². The van der Waals surface area contributed by atoms with Crippen molar-refractivity contribution in [3.05, 3.63) is 59.1 Å². The summed E-state index contributed by atoms with van der Waals surface area (Å²) < 4.78 is 32.0. The number of hydrogen-bond donors (Lipinski definition) is 0. The third-order valence-electron chi connectivity index (χ3n) is 4.07. The van der Waals surface area contributed by atoms with Crippen molar-refractivity contribution in [2.75, 3.05) is 18.0 Å². The number of para-hydroxylation sites is 1. The largest absolute Gasteiger partial charge is 0.469 e. The highest BCUT2D eigenvalue weighted by atomic mass is 35.5. The molecule has 0 N–H and O–H groups in total. The Balaban J connectivity index is 2.00. The maximum absolute atomic E-state index is 13.0. The quantitative estimate of drug-likeness (QED) is 0.780. The van der Waals surface area contributed by atoms with E-state index < -0.39 is 10.0 Å². The number of rotatable bonds is 4. The van der Waals surface area contributed by atoms with Crippen LogP contribution >= 0.6 is 11.6 Å². The number of fused-ring (bicyclic) bond motifs is 1. The second-order valence-electron chi connectivity index (χ2n) is 5.53. The van der Waals surface area contributed by atoms with E-state index in [0.717, 1.165) is 5.56 Å². The molecule has 0 amide bonds. The smallest absolute Gasteiger partial charge is 0.306 e. The Hall–Kier alpha value is -2.05. The van der Waals surface area contributed by atoms with Gasteiger partial charge in [0.2, 0.25) is 0 Å². The van der Waals surface area contributed by atoms with Crippen molar-refractivity contribution in [2.24, 2.45) is 0 Å². The van der Waals surface area contributed by atoms with Crippen molar-refractivity contribution in [1.29, 1.82) is 0 Å². The summed E-state index contributed by atoms with van der Waals surface area (Å²) in [7, 11) is -2.40. The molecule has 0 spiro atoms. The van der Waals surface area contributed by atoms with Crippen molar-refractivity contribution in [3.63, 3.8) is 0 Å². The third-order valence-corrected chi connectivity index (χ3v) is 6.12. The van der Waals surface area contributed by atoms with Crippen LogP contribution in [-0.4, -0.2) is 28.0 Å². The average molecular weight is 366 g/mol. The SMILES string of the molecule is COC(=O)CC1CN(S(=O)(=O)c2ccc(Cl)cc2)c2ccccc21. The minimum Gasteiger partial charge on any atom is -0.469 e. The predicted octanol–water partition coefficient (Wildman–Crippen LogP) is 3.20. The number of halogens is 1. The molecule has 0 aromatic heterocycles.